The Hall–Kier alpha value is -4.16. The van der Waals surface area contributed by atoms with Gasteiger partial charge in [-0.25, -0.2) is 4.79 Å². The summed E-state index contributed by atoms with van der Waals surface area (Å²) in [6, 6.07) is 4.53. The maximum absolute atomic E-state index is 12.2. The standard InChI is InChI=1S/C19H25N3O9.C4H11N.CH2O2.CH4O.CH2O.CH4/c20-8-17(26)21-4-3-16(25)22-13-5-11(9-23)1-2-14(13)30-18-7-12(29-10-24)6-15(31-18)19(27)28;1-2-3-4-5;2-1-3;2*1-2;/h1-2,5,10,12,15,18,23H,3-4,6-9,20H2,(H,21,26)(H,22,25)(H,27,28);2-5H2,1H3;1H,(H,2,3);2H,1H3;1H2;1H4. The van der Waals surface area contributed by atoms with Crippen LogP contribution in [-0.2, 0) is 44.8 Å². The molecular formula is C27H48N4O13. The molecule has 1 aromatic carbocycles. The van der Waals surface area contributed by atoms with Crippen LogP contribution >= 0.6 is 0 Å². The second-order valence-electron chi connectivity index (χ2n) is 7.92. The van der Waals surface area contributed by atoms with Crippen LogP contribution in [0, 0.1) is 0 Å². The summed E-state index contributed by atoms with van der Waals surface area (Å²) in [5.41, 5.74) is 11.0. The molecule has 17 heteroatoms. The summed E-state index contributed by atoms with van der Waals surface area (Å²) >= 11 is 0. The van der Waals surface area contributed by atoms with Crippen LogP contribution in [0.5, 0.6) is 5.75 Å². The fraction of sp³-hybridized carbons (Fsp3) is 0.556. The number of benzene rings is 1. The van der Waals surface area contributed by atoms with E-state index >= 15 is 0 Å². The van der Waals surface area contributed by atoms with Gasteiger partial charge < -0.3 is 61.5 Å². The van der Waals surface area contributed by atoms with E-state index < -0.39 is 36.3 Å². The van der Waals surface area contributed by atoms with E-state index in [2.05, 4.69) is 17.6 Å². The second-order valence-corrected chi connectivity index (χ2v) is 7.92. The summed E-state index contributed by atoms with van der Waals surface area (Å²) in [5.74, 6) is -1.89. The zero-order valence-corrected chi connectivity index (χ0v) is 24.3. The number of nitrogens with two attached hydrogens (primary N) is 2. The maximum atomic E-state index is 12.2. The molecule has 0 spiro atoms. The Morgan fingerprint density at radius 1 is 1.14 bits per heavy atom. The molecule has 0 saturated carbocycles. The van der Waals surface area contributed by atoms with Crippen LogP contribution in [0.1, 0.15) is 52.0 Å². The highest BCUT2D eigenvalue weighted by molar-refractivity contribution is 5.92. The van der Waals surface area contributed by atoms with Gasteiger partial charge in [-0.2, -0.15) is 0 Å². The number of nitrogens with one attached hydrogen (secondary N) is 2. The molecule has 2 rings (SSSR count). The SMILES string of the molecule is C.C=O.CCCCN.CO.NCC(=O)NCCC(=O)Nc1cc(CO)ccc1OC1CC(OC=O)CC(C(=O)O)O1.O=CO. The molecule has 1 saturated heterocycles. The molecule has 254 valence electrons. The van der Waals surface area contributed by atoms with Gasteiger partial charge in [0.15, 0.2) is 6.10 Å². The van der Waals surface area contributed by atoms with Gasteiger partial charge in [0, 0.05) is 32.9 Å². The van der Waals surface area contributed by atoms with Crippen molar-refractivity contribution in [2.75, 3.05) is 32.1 Å². The molecule has 10 N–H and O–H groups in total. The molecule has 3 unspecified atom stereocenters. The van der Waals surface area contributed by atoms with E-state index in [0.29, 0.717) is 5.56 Å². The lowest BCUT2D eigenvalue weighted by Gasteiger charge is -2.32. The number of aliphatic hydroxyl groups excluding tert-OH is 2. The average molecular weight is 637 g/mol. The summed E-state index contributed by atoms with van der Waals surface area (Å²) < 4.78 is 16.0. The number of unbranched alkanes of at least 4 members (excludes halogenated alkanes) is 1. The first-order chi connectivity index (χ1) is 20.7. The first-order valence-corrected chi connectivity index (χ1v) is 12.8. The predicted octanol–water partition coefficient (Wildman–Crippen LogP) is -0.402. The molecular weight excluding hydrogens is 588 g/mol. The van der Waals surface area contributed by atoms with E-state index in [1.807, 2.05) is 6.79 Å². The number of carbonyl (C=O) groups is 6. The number of anilines is 1. The molecule has 2 amide bonds. The van der Waals surface area contributed by atoms with E-state index in [9.17, 15) is 29.4 Å². The van der Waals surface area contributed by atoms with Gasteiger partial charge >= 0.3 is 5.97 Å². The normalized spacial score (nSPS) is 15.8. The smallest absolute Gasteiger partial charge is 0.333 e. The third-order valence-electron chi connectivity index (χ3n) is 4.95. The highest BCUT2D eigenvalue weighted by atomic mass is 16.7. The minimum absolute atomic E-state index is 0. The van der Waals surface area contributed by atoms with E-state index in [4.69, 9.17) is 45.5 Å². The Kier molecular flexibility index (Phi) is 33.8. The number of rotatable bonds is 13. The lowest BCUT2D eigenvalue weighted by atomic mass is 10.0. The van der Waals surface area contributed by atoms with Gasteiger partial charge in [0.25, 0.3) is 12.9 Å². The first-order valence-electron chi connectivity index (χ1n) is 12.8. The van der Waals surface area contributed by atoms with Crippen LogP contribution in [0.15, 0.2) is 18.2 Å². The van der Waals surface area contributed by atoms with Crippen molar-refractivity contribution < 1.29 is 63.4 Å². The van der Waals surface area contributed by atoms with Crippen molar-refractivity contribution in [3.63, 3.8) is 0 Å². The number of hydrogen-bond acceptors (Lipinski definition) is 13. The zero-order chi connectivity index (χ0) is 33.6. The minimum Gasteiger partial charge on any atom is -0.483 e. The average Bonchev–Trinajstić information content (AvgIpc) is 3.01. The molecule has 1 aromatic rings. The molecule has 0 bridgehead atoms. The number of carboxylic acid groups (broad SMARTS) is 2. The highest BCUT2D eigenvalue weighted by Gasteiger charge is 2.36. The molecule has 1 aliphatic heterocycles. The summed E-state index contributed by atoms with van der Waals surface area (Å²) in [5, 5.41) is 37.6. The van der Waals surface area contributed by atoms with Gasteiger partial charge in [0.2, 0.25) is 18.1 Å². The van der Waals surface area contributed by atoms with Gasteiger partial charge in [-0.1, -0.05) is 26.8 Å². The van der Waals surface area contributed by atoms with E-state index in [1.165, 1.54) is 25.0 Å². The van der Waals surface area contributed by atoms with Gasteiger partial charge in [-0.05, 0) is 30.7 Å². The molecule has 0 radical (unpaired) electrons. The maximum Gasteiger partial charge on any atom is 0.333 e. The van der Waals surface area contributed by atoms with Crippen molar-refractivity contribution in [3.8, 4) is 5.75 Å². The quantitative estimate of drug-likeness (QED) is 0.128. The molecule has 44 heavy (non-hydrogen) atoms. The predicted molar refractivity (Wildman–Crippen MR) is 159 cm³/mol. The Bertz CT molecular complexity index is 920. The van der Waals surface area contributed by atoms with Crippen LogP contribution < -0.4 is 26.8 Å². The molecule has 1 fully saturated rings. The van der Waals surface area contributed by atoms with Crippen molar-refractivity contribution in [2.24, 2.45) is 11.5 Å². The Morgan fingerprint density at radius 3 is 2.20 bits per heavy atom. The third-order valence-corrected chi connectivity index (χ3v) is 4.95. The third kappa shape index (κ3) is 22.4. The number of carbonyl (C=O) groups excluding carboxylic acids is 4. The molecule has 17 nitrogen and oxygen atoms in total. The van der Waals surface area contributed by atoms with Crippen LogP contribution in [0.4, 0.5) is 5.69 Å². The fourth-order valence-electron chi connectivity index (χ4n) is 3.09. The minimum atomic E-state index is -1.23. The van der Waals surface area contributed by atoms with Crippen LogP contribution in [-0.4, -0.2) is 103 Å². The summed E-state index contributed by atoms with van der Waals surface area (Å²) in [7, 11) is 1.00. The van der Waals surface area contributed by atoms with Crippen molar-refractivity contribution >= 4 is 43.2 Å². The van der Waals surface area contributed by atoms with E-state index in [-0.39, 0.29) is 70.8 Å². The van der Waals surface area contributed by atoms with Gasteiger partial charge in [0.1, 0.15) is 18.6 Å². The van der Waals surface area contributed by atoms with Crippen LogP contribution in [0.25, 0.3) is 0 Å². The van der Waals surface area contributed by atoms with Gasteiger partial charge in [-0.3, -0.25) is 19.2 Å². The fourth-order valence-corrected chi connectivity index (χ4v) is 3.09. The Morgan fingerprint density at radius 2 is 1.75 bits per heavy atom. The molecule has 3 atom stereocenters. The lowest BCUT2D eigenvalue weighted by molar-refractivity contribution is -0.199. The van der Waals surface area contributed by atoms with Crippen molar-refractivity contribution in [1.82, 2.24) is 5.32 Å². The van der Waals surface area contributed by atoms with Crippen molar-refractivity contribution in [2.45, 2.75) is 71.6 Å². The molecule has 1 heterocycles. The summed E-state index contributed by atoms with van der Waals surface area (Å²) in [4.78, 5) is 61.7. The van der Waals surface area contributed by atoms with E-state index in [1.54, 1.807) is 6.07 Å². The van der Waals surface area contributed by atoms with Crippen LogP contribution in [0.3, 0.4) is 0 Å². The van der Waals surface area contributed by atoms with E-state index in [0.717, 1.165) is 13.7 Å². The number of aliphatic hydroxyl groups is 2. The van der Waals surface area contributed by atoms with Crippen LogP contribution in [0.2, 0.25) is 0 Å². The lowest BCUT2D eigenvalue weighted by Crippen LogP contribution is -2.43. The summed E-state index contributed by atoms with van der Waals surface area (Å²) in [6.07, 6.45) is -0.582. The number of ether oxygens (including phenoxy) is 3. The number of amides is 2. The van der Waals surface area contributed by atoms with Crippen molar-refractivity contribution in [3.05, 3.63) is 23.8 Å². The van der Waals surface area contributed by atoms with Crippen molar-refractivity contribution in [1.29, 1.82) is 0 Å². The second kappa shape index (κ2) is 31.8. The monoisotopic (exact) mass is 636 g/mol. The number of hydrogen-bond donors (Lipinski definition) is 8. The highest BCUT2D eigenvalue weighted by Crippen LogP contribution is 2.31. The largest absolute Gasteiger partial charge is 0.483 e. The summed E-state index contributed by atoms with van der Waals surface area (Å²) in [6.45, 7) is 4.56. The number of carboxylic acids is 1. The molecule has 0 aromatic heterocycles. The molecule has 1 aliphatic rings. The Balaban J connectivity index is -0.000000532. The first kappa shape index (κ1) is 46.8. The Labute approximate surface area is 256 Å². The topological polar surface area (TPSA) is 287 Å². The number of aliphatic carboxylic acids is 1. The van der Waals surface area contributed by atoms with Gasteiger partial charge in [0.05, 0.1) is 18.8 Å². The van der Waals surface area contributed by atoms with Gasteiger partial charge in [-0.15, -0.1) is 0 Å². The molecule has 0 aliphatic carbocycles. The zero-order valence-electron chi connectivity index (χ0n) is 24.3.